The molecule has 0 fully saturated rings. The summed E-state index contributed by atoms with van der Waals surface area (Å²) in [5.74, 6) is 3.35. The van der Waals surface area contributed by atoms with Gasteiger partial charge in [0, 0.05) is 13.0 Å². The summed E-state index contributed by atoms with van der Waals surface area (Å²) in [6.07, 6.45) is 26.7. The molecule has 1 nitrogen and oxygen atoms in total. The predicted octanol–water partition coefficient (Wildman–Crippen LogP) is 6.49. The Hall–Kier alpha value is -0.130. The Kier molecular flexibility index (Phi) is 16.6. The summed E-state index contributed by atoms with van der Waals surface area (Å²) >= 11 is 0. The lowest BCUT2D eigenvalue weighted by Gasteiger charge is -2.14. The van der Waals surface area contributed by atoms with Crippen molar-refractivity contribution < 1.29 is 5.11 Å². The Morgan fingerprint density at radius 3 is 1.26 bits per heavy atom. The molecule has 0 bridgehead atoms. The van der Waals surface area contributed by atoms with Crippen molar-refractivity contribution in [1.29, 1.82) is 0 Å². The van der Waals surface area contributed by atoms with E-state index in [9.17, 15) is 0 Å². The molecule has 0 aliphatic rings. The second-order valence-electron chi connectivity index (χ2n) is 7.54. The van der Waals surface area contributed by atoms with Gasteiger partial charge in [-0.3, -0.25) is 0 Å². The summed E-state index contributed by atoms with van der Waals surface area (Å²) in [7, 11) is -0.616. The molecule has 138 valence electrons. The predicted molar refractivity (Wildman–Crippen MR) is 109 cm³/mol. The lowest BCUT2D eigenvalue weighted by atomic mass is 10.0. The third-order valence-electron chi connectivity index (χ3n) is 4.09. The molecule has 0 radical (unpaired) electrons. The van der Waals surface area contributed by atoms with Gasteiger partial charge in [0.2, 0.25) is 0 Å². The van der Waals surface area contributed by atoms with Crippen LogP contribution in [0.4, 0.5) is 0 Å². The smallest absolute Gasteiger partial charge is 0.0431 e. The van der Waals surface area contributed by atoms with Crippen LogP contribution in [-0.4, -0.2) is 30.5 Å². The van der Waals surface area contributed by atoms with E-state index in [0.29, 0.717) is 6.61 Å². The normalized spacial score (nSPS) is 12.0. The number of aliphatic hydroxyl groups excluding tert-OH is 1. The van der Waals surface area contributed by atoms with Crippen LogP contribution < -0.4 is 0 Å². The maximum Gasteiger partial charge on any atom is 0.0431 e. The fourth-order valence-corrected chi connectivity index (χ4v) is 3.25. The first kappa shape index (κ1) is 22.9. The minimum atomic E-state index is -0.616. The van der Waals surface area contributed by atoms with E-state index >= 15 is 0 Å². The highest BCUT2D eigenvalue weighted by Gasteiger charge is 1.96. The van der Waals surface area contributed by atoms with E-state index < -0.39 is 10.0 Å². The van der Waals surface area contributed by atoms with Crippen molar-refractivity contribution in [2.45, 2.75) is 96.3 Å². The van der Waals surface area contributed by atoms with Gasteiger partial charge >= 0.3 is 0 Å². The van der Waals surface area contributed by atoms with Gasteiger partial charge in [-0.1, -0.05) is 88.2 Å². The van der Waals surface area contributed by atoms with Crippen LogP contribution in [0.2, 0.25) is 0 Å². The van der Waals surface area contributed by atoms with E-state index in [4.69, 9.17) is 5.11 Å². The molecule has 23 heavy (non-hydrogen) atoms. The molecule has 0 aliphatic heterocycles. The van der Waals surface area contributed by atoms with Crippen LogP contribution >= 0.6 is 10.0 Å². The fraction of sp³-hybridized carbons (Fsp3) is 0.905. The molecule has 0 saturated carbocycles. The van der Waals surface area contributed by atoms with Gasteiger partial charge < -0.3 is 5.11 Å². The molecule has 0 aromatic heterocycles. The van der Waals surface area contributed by atoms with Gasteiger partial charge in [-0.15, -0.1) is 0 Å². The second-order valence-corrected chi connectivity index (χ2v) is 11.4. The Labute approximate surface area is 148 Å². The molecule has 2 heteroatoms. The van der Waals surface area contributed by atoms with E-state index in [1.165, 1.54) is 83.5 Å². The monoisotopic (exact) mass is 342 g/mol. The lowest BCUT2D eigenvalue weighted by Crippen LogP contribution is -1.85. The van der Waals surface area contributed by atoms with Gasteiger partial charge in [0.1, 0.15) is 0 Å². The Balaban J connectivity index is 3.09. The molecular weight excluding hydrogens is 300 g/mol. The zero-order valence-electron chi connectivity index (χ0n) is 16.2. The van der Waals surface area contributed by atoms with Crippen LogP contribution in [0.5, 0.6) is 0 Å². The number of hydrogen-bond donors (Lipinski definition) is 1. The van der Waals surface area contributed by atoms with Gasteiger partial charge in [-0.2, -0.15) is 10.0 Å². The van der Waals surface area contributed by atoms with Crippen molar-refractivity contribution >= 4 is 10.0 Å². The highest BCUT2D eigenvalue weighted by atomic mass is 32.3. The fourth-order valence-electron chi connectivity index (χ4n) is 2.71. The van der Waals surface area contributed by atoms with Gasteiger partial charge in [-0.25, -0.2) is 0 Å². The first-order chi connectivity index (χ1) is 11.1. The van der Waals surface area contributed by atoms with Gasteiger partial charge in [0.15, 0.2) is 0 Å². The molecular formula is C21H42OS. The molecule has 0 spiro atoms. The maximum absolute atomic E-state index is 8.71. The topological polar surface area (TPSA) is 20.2 Å². The second kappa shape index (κ2) is 16.7. The molecule has 0 aromatic rings. The highest BCUT2D eigenvalue weighted by Crippen LogP contribution is 2.32. The molecule has 0 unspecified atom stereocenters. The summed E-state index contributed by atoms with van der Waals surface area (Å²) < 4.78 is 0. The van der Waals surface area contributed by atoms with Crippen molar-refractivity contribution in [3.8, 4) is 11.2 Å². The van der Waals surface area contributed by atoms with Crippen molar-refractivity contribution in [3.63, 3.8) is 0 Å². The van der Waals surface area contributed by atoms with Gasteiger partial charge in [0.05, 0.1) is 0 Å². The van der Waals surface area contributed by atoms with Crippen LogP contribution in [0, 0.1) is 11.2 Å². The van der Waals surface area contributed by atoms with Crippen LogP contribution in [0.25, 0.3) is 0 Å². The van der Waals surface area contributed by atoms with Crippen LogP contribution in [0.1, 0.15) is 96.3 Å². The van der Waals surface area contributed by atoms with E-state index in [2.05, 4.69) is 29.9 Å². The number of unbranched alkanes of at least 4 members (excludes halogenated alkanes) is 14. The van der Waals surface area contributed by atoms with E-state index in [1.54, 1.807) is 0 Å². The molecule has 0 rings (SSSR count). The van der Waals surface area contributed by atoms with Crippen molar-refractivity contribution in [3.05, 3.63) is 0 Å². The number of aliphatic hydroxyl groups is 1. The van der Waals surface area contributed by atoms with Crippen molar-refractivity contribution in [2.24, 2.45) is 0 Å². The summed E-state index contributed by atoms with van der Waals surface area (Å²) in [5.41, 5.74) is 0. The summed E-state index contributed by atoms with van der Waals surface area (Å²) in [4.78, 5) is 0. The highest BCUT2D eigenvalue weighted by molar-refractivity contribution is 8.35. The largest absolute Gasteiger partial charge is 0.396 e. The standard InChI is InChI=1S/C21H42OS/c1-23(2,3)21-19-17-15-13-11-9-7-5-4-6-8-10-12-14-16-18-20-22/h22H,4-18,20H2,1-3H3. The molecule has 0 saturated heterocycles. The zero-order valence-corrected chi connectivity index (χ0v) is 17.0. The summed E-state index contributed by atoms with van der Waals surface area (Å²) in [5, 5.41) is 12.1. The number of hydrogen-bond acceptors (Lipinski definition) is 1. The lowest BCUT2D eigenvalue weighted by molar-refractivity contribution is 0.282. The third-order valence-corrected chi connectivity index (χ3v) is 4.84. The minimum Gasteiger partial charge on any atom is -0.396 e. The molecule has 1 N–H and O–H groups in total. The quantitative estimate of drug-likeness (QED) is 0.266. The zero-order chi connectivity index (χ0) is 17.2. The van der Waals surface area contributed by atoms with Crippen molar-refractivity contribution in [1.82, 2.24) is 0 Å². The first-order valence-corrected chi connectivity index (χ1v) is 12.7. The number of rotatable bonds is 15. The Bertz CT molecular complexity index is 295. The maximum atomic E-state index is 8.71. The van der Waals surface area contributed by atoms with Crippen LogP contribution in [-0.2, 0) is 0 Å². The van der Waals surface area contributed by atoms with Crippen molar-refractivity contribution in [2.75, 3.05) is 25.4 Å². The van der Waals surface area contributed by atoms with Gasteiger partial charge in [-0.05, 0) is 31.6 Å². The van der Waals surface area contributed by atoms with E-state index in [-0.39, 0.29) is 0 Å². The average molecular weight is 343 g/mol. The Morgan fingerprint density at radius 2 is 0.913 bits per heavy atom. The van der Waals surface area contributed by atoms with Crippen LogP contribution in [0.15, 0.2) is 0 Å². The van der Waals surface area contributed by atoms with Gasteiger partial charge in [0.25, 0.3) is 0 Å². The molecule has 0 heterocycles. The third kappa shape index (κ3) is 21.9. The Morgan fingerprint density at radius 1 is 0.565 bits per heavy atom. The first-order valence-electron chi connectivity index (χ1n) is 9.85. The molecule has 0 amide bonds. The SMILES string of the molecule is CS(C)(C)C#CCCCCCCCCCCCCCCCCO. The molecule has 0 atom stereocenters. The summed E-state index contributed by atoms with van der Waals surface area (Å²) in [6.45, 7) is 0.366. The average Bonchev–Trinajstić information content (AvgIpc) is 2.49. The molecule has 0 aliphatic carbocycles. The summed E-state index contributed by atoms with van der Waals surface area (Å²) in [6, 6.07) is 0. The molecule has 0 aromatic carbocycles. The minimum absolute atomic E-state index is 0.366. The van der Waals surface area contributed by atoms with E-state index in [1.807, 2.05) is 0 Å². The van der Waals surface area contributed by atoms with E-state index in [0.717, 1.165) is 12.8 Å². The van der Waals surface area contributed by atoms with Crippen LogP contribution in [0.3, 0.4) is 0 Å².